The molecule has 3 aromatic rings. The van der Waals surface area contributed by atoms with Gasteiger partial charge >= 0.3 is 6.36 Å². The van der Waals surface area contributed by atoms with Crippen LogP contribution < -0.4 is 23.8 Å². The highest BCUT2D eigenvalue weighted by Gasteiger charge is 2.58. The lowest BCUT2D eigenvalue weighted by molar-refractivity contribution is -0.275. The Bertz CT molecular complexity index is 1730. The van der Waals surface area contributed by atoms with E-state index in [1.54, 1.807) is 24.3 Å². The van der Waals surface area contributed by atoms with Crippen LogP contribution >= 0.6 is 11.6 Å². The Morgan fingerprint density at radius 2 is 1.77 bits per heavy atom. The number of amides is 2. The third-order valence-corrected chi connectivity index (χ3v) is 9.59. The fraction of sp³-hybridized carbons (Fsp3) is 0.310. The number of hydrogen-bond donors (Lipinski definition) is 1. The van der Waals surface area contributed by atoms with Gasteiger partial charge in [0.15, 0.2) is 5.75 Å². The van der Waals surface area contributed by atoms with Gasteiger partial charge in [0, 0.05) is 35.8 Å². The largest absolute Gasteiger partial charge is 0.573 e. The van der Waals surface area contributed by atoms with E-state index >= 15 is 0 Å². The van der Waals surface area contributed by atoms with Gasteiger partial charge in [-0.15, -0.1) is 13.2 Å². The first-order chi connectivity index (χ1) is 20.7. The monoisotopic (exact) mass is 653 g/mol. The normalized spacial score (nSPS) is 19.7. The number of alkyl halides is 3. The van der Waals surface area contributed by atoms with Gasteiger partial charge in [-0.25, -0.2) is 12.7 Å². The van der Waals surface area contributed by atoms with Crippen molar-refractivity contribution < 1.29 is 45.4 Å². The van der Waals surface area contributed by atoms with Crippen LogP contribution in [0.3, 0.4) is 0 Å². The van der Waals surface area contributed by atoms with E-state index in [0.29, 0.717) is 17.3 Å². The quantitative estimate of drug-likeness (QED) is 0.367. The third-order valence-electron chi connectivity index (χ3n) is 7.62. The van der Waals surface area contributed by atoms with Gasteiger partial charge in [0.05, 0.1) is 25.9 Å². The van der Waals surface area contributed by atoms with E-state index in [0.717, 1.165) is 18.2 Å². The molecule has 2 aliphatic heterocycles. The molecule has 3 aromatic carbocycles. The minimum absolute atomic E-state index is 0.107. The van der Waals surface area contributed by atoms with Crippen LogP contribution in [0.5, 0.6) is 17.2 Å². The number of rotatable bonds is 9. The van der Waals surface area contributed by atoms with Crippen LogP contribution in [-0.2, 0) is 25.0 Å². The Balaban J connectivity index is 1.76. The number of carbonyl (C=O) groups is 2. The number of fused-ring (bicyclic) bond motifs is 1. The molecule has 0 aliphatic carbocycles. The zero-order valence-electron chi connectivity index (χ0n) is 23.6. The summed E-state index contributed by atoms with van der Waals surface area (Å²) in [4.78, 5) is 28.5. The smallest absolute Gasteiger partial charge is 0.497 e. The Morgan fingerprint density at radius 3 is 2.39 bits per heavy atom. The van der Waals surface area contributed by atoms with Crippen LogP contribution in [0.25, 0.3) is 0 Å². The number of methoxy groups -OCH3 is 2. The first-order valence-corrected chi connectivity index (χ1v) is 15.0. The number of carbonyl (C=O) groups excluding carboxylic acids is 2. The molecule has 0 bridgehead atoms. The Morgan fingerprint density at radius 1 is 1.07 bits per heavy atom. The van der Waals surface area contributed by atoms with Crippen molar-refractivity contribution in [2.24, 2.45) is 0 Å². The summed E-state index contributed by atoms with van der Waals surface area (Å²) < 4.78 is 83.9. The first kappa shape index (κ1) is 31.4. The molecular weight excluding hydrogens is 627 g/mol. The summed E-state index contributed by atoms with van der Waals surface area (Å²) in [6.07, 6.45) is -4.70. The SMILES string of the molecule is COc1ccc(S(=O)(=O)N2C(=O)C(CN(C)C(=O)C3CCN3)(c3ccccc3OC)c3cc(Cl)ccc32)c(OC(F)(F)F)c1. The molecule has 5 rings (SSSR count). The number of para-hydroxylation sites is 1. The Kier molecular flexibility index (Phi) is 8.20. The summed E-state index contributed by atoms with van der Waals surface area (Å²) in [5.74, 6) is -2.40. The van der Waals surface area contributed by atoms with Crippen molar-refractivity contribution in [3.8, 4) is 17.2 Å². The molecule has 2 atom stereocenters. The summed E-state index contributed by atoms with van der Waals surface area (Å²) in [5, 5.41) is 3.16. The van der Waals surface area contributed by atoms with Gasteiger partial charge in [-0.3, -0.25) is 9.59 Å². The van der Waals surface area contributed by atoms with E-state index in [1.165, 1.54) is 44.4 Å². The maximum absolute atomic E-state index is 14.8. The predicted molar refractivity (Wildman–Crippen MR) is 154 cm³/mol. The van der Waals surface area contributed by atoms with Gasteiger partial charge < -0.3 is 24.4 Å². The van der Waals surface area contributed by atoms with Crippen molar-refractivity contribution >= 4 is 39.1 Å². The summed E-state index contributed by atoms with van der Waals surface area (Å²) in [6.45, 7) is 0.284. The lowest BCUT2D eigenvalue weighted by Gasteiger charge is -2.37. The lowest BCUT2D eigenvalue weighted by atomic mass is 9.74. The molecule has 234 valence electrons. The Labute approximate surface area is 256 Å². The van der Waals surface area contributed by atoms with Gasteiger partial charge in [0.1, 0.15) is 21.8 Å². The second kappa shape index (κ2) is 11.5. The summed E-state index contributed by atoms with van der Waals surface area (Å²) in [7, 11) is -1.07. The molecule has 10 nitrogen and oxygen atoms in total. The van der Waals surface area contributed by atoms with Gasteiger partial charge in [-0.2, -0.15) is 0 Å². The molecule has 2 unspecified atom stereocenters. The molecule has 2 aliphatic rings. The number of nitrogens with zero attached hydrogens (tertiary/aromatic N) is 2. The van der Waals surface area contributed by atoms with Crippen LogP contribution in [0.2, 0.25) is 5.02 Å². The van der Waals surface area contributed by atoms with Crippen LogP contribution in [0.4, 0.5) is 18.9 Å². The molecule has 1 fully saturated rings. The van der Waals surface area contributed by atoms with Crippen LogP contribution in [0, 0.1) is 0 Å². The fourth-order valence-electron chi connectivity index (χ4n) is 5.49. The highest BCUT2D eigenvalue weighted by molar-refractivity contribution is 7.93. The van der Waals surface area contributed by atoms with Gasteiger partial charge in [-0.05, 0) is 49.4 Å². The minimum atomic E-state index is -5.27. The predicted octanol–water partition coefficient (Wildman–Crippen LogP) is 4.10. The van der Waals surface area contributed by atoms with Crippen LogP contribution in [0.15, 0.2) is 65.6 Å². The fourth-order valence-corrected chi connectivity index (χ4v) is 7.25. The molecule has 44 heavy (non-hydrogen) atoms. The van der Waals surface area contributed by atoms with E-state index in [9.17, 15) is 31.2 Å². The van der Waals surface area contributed by atoms with Gasteiger partial charge in [-0.1, -0.05) is 29.8 Å². The van der Waals surface area contributed by atoms with E-state index in [1.807, 2.05) is 0 Å². The zero-order valence-corrected chi connectivity index (χ0v) is 25.2. The second-order valence-corrected chi connectivity index (χ2v) is 12.4. The van der Waals surface area contributed by atoms with Gasteiger partial charge in [0.25, 0.3) is 15.9 Å². The summed E-state index contributed by atoms with van der Waals surface area (Å²) in [5.41, 5.74) is -1.75. The number of anilines is 1. The number of ether oxygens (including phenoxy) is 3. The molecule has 0 spiro atoms. The average molecular weight is 654 g/mol. The average Bonchev–Trinajstić information content (AvgIpc) is 3.18. The molecular formula is C29H27ClF3N3O7S. The second-order valence-electron chi connectivity index (χ2n) is 10.2. The molecule has 2 heterocycles. The maximum atomic E-state index is 14.8. The van der Waals surface area contributed by atoms with Crippen LogP contribution in [0.1, 0.15) is 17.5 Å². The van der Waals surface area contributed by atoms with Crippen molar-refractivity contribution in [1.29, 1.82) is 0 Å². The van der Waals surface area contributed by atoms with Crippen LogP contribution in [-0.4, -0.2) is 71.9 Å². The molecule has 0 saturated carbocycles. The van der Waals surface area contributed by atoms with Crippen molar-refractivity contribution in [2.75, 3.05) is 38.7 Å². The van der Waals surface area contributed by atoms with Crippen molar-refractivity contribution in [3.05, 3.63) is 76.8 Å². The van der Waals surface area contributed by atoms with E-state index in [2.05, 4.69) is 10.1 Å². The zero-order chi connectivity index (χ0) is 32.0. The summed E-state index contributed by atoms with van der Waals surface area (Å²) >= 11 is 6.39. The third kappa shape index (κ3) is 5.30. The van der Waals surface area contributed by atoms with Crippen molar-refractivity contribution in [1.82, 2.24) is 10.2 Å². The van der Waals surface area contributed by atoms with Gasteiger partial charge in [0.2, 0.25) is 5.91 Å². The molecule has 15 heteroatoms. The van der Waals surface area contributed by atoms with Crippen molar-refractivity contribution in [2.45, 2.75) is 29.1 Å². The number of benzene rings is 3. The number of nitrogens with one attached hydrogen (secondary N) is 1. The van der Waals surface area contributed by atoms with E-state index in [-0.39, 0.29) is 45.8 Å². The topological polar surface area (TPSA) is 114 Å². The first-order valence-electron chi connectivity index (χ1n) is 13.2. The number of sulfonamides is 1. The highest BCUT2D eigenvalue weighted by Crippen LogP contribution is 2.52. The lowest BCUT2D eigenvalue weighted by Crippen LogP contribution is -2.57. The number of likely N-dealkylation sites (N-methyl/N-ethyl adjacent to an activating group) is 1. The minimum Gasteiger partial charge on any atom is -0.497 e. The standard InChI is InChI=1S/C29H27ClF3N3O7S/c1-35(26(37)21-12-13-34-21)16-28(19-6-4-5-7-23(19)42-3)20-14-17(30)8-10-22(20)36(27(28)38)44(39,40)25-11-9-18(41-2)15-24(25)43-29(31,32)33/h4-11,14-15,21,34H,12-13,16H2,1-3H3. The molecule has 0 radical (unpaired) electrons. The molecule has 1 saturated heterocycles. The molecule has 0 aromatic heterocycles. The van der Waals surface area contributed by atoms with Crippen molar-refractivity contribution in [3.63, 3.8) is 0 Å². The van der Waals surface area contributed by atoms with E-state index < -0.39 is 44.4 Å². The molecule has 2 amide bonds. The van der Waals surface area contributed by atoms with E-state index in [4.69, 9.17) is 21.1 Å². The highest BCUT2D eigenvalue weighted by atomic mass is 35.5. The number of halogens is 4. The summed E-state index contributed by atoms with van der Waals surface area (Å²) in [6, 6.07) is 12.7. The molecule has 1 N–H and O–H groups in total. The maximum Gasteiger partial charge on any atom is 0.573 e. The number of hydrogen-bond acceptors (Lipinski definition) is 8. The Hall–Kier alpha value is -4.01.